The van der Waals surface area contributed by atoms with E-state index in [1.165, 1.54) is 42.7 Å². The van der Waals surface area contributed by atoms with Gasteiger partial charge in [-0.05, 0) is 51.3 Å². The van der Waals surface area contributed by atoms with E-state index < -0.39 is 0 Å². The van der Waals surface area contributed by atoms with E-state index in [4.69, 9.17) is 0 Å². The number of piperidine rings is 1. The molecule has 8 heteroatoms. The fourth-order valence-corrected chi connectivity index (χ4v) is 8.18. The summed E-state index contributed by atoms with van der Waals surface area (Å²) in [6.45, 7) is 8.55. The van der Waals surface area contributed by atoms with Crippen LogP contribution in [-0.4, -0.2) is 97.0 Å². The van der Waals surface area contributed by atoms with Gasteiger partial charge in [-0.25, -0.2) is 4.39 Å². The molecule has 198 valence electrons. The summed E-state index contributed by atoms with van der Waals surface area (Å²) in [5, 5.41) is 10.6. The van der Waals surface area contributed by atoms with Crippen LogP contribution in [0.5, 0.6) is 0 Å². The van der Waals surface area contributed by atoms with E-state index in [0.29, 0.717) is 24.2 Å². The Kier molecular flexibility index (Phi) is 6.73. The van der Waals surface area contributed by atoms with Crippen LogP contribution in [0.3, 0.4) is 0 Å². The van der Waals surface area contributed by atoms with Gasteiger partial charge in [0.15, 0.2) is 0 Å². The van der Waals surface area contributed by atoms with Gasteiger partial charge < -0.3 is 15.5 Å². The van der Waals surface area contributed by atoms with E-state index >= 15 is 0 Å². The van der Waals surface area contributed by atoms with E-state index in [0.717, 1.165) is 69.5 Å². The molecule has 7 nitrogen and oxygen atoms in total. The van der Waals surface area contributed by atoms with Crippen LogP contribution < -0.4 is 16.0 Å². The van der Waals surface area contributed by atoms with Gasteiger partial charge >= 0.3 is 0 Å². The number of nitrogens with zero attached hydrogens (tertiary/aromatic N) is 3. The molecule has 5 atom stereocenters. The van der Waals surface area contributed by atoms with Crippen molar-refractivity contribution < 1.29 is 13.7 Å². The first-order valence-electron chi connectivity index (χ1n) is 14.3. The third-order valence-electron chi connectivity index (χ3n) is 10.1. The van der Waals surface area contributed by atoms with Crippen molar-refractivity contribution in [1.29, 1.82) is 0 Å². The van der Waals surface area contributed by atoms with Crippen LogP contribution in [0.1, 0.15) is 56.1 Å². The minimum Gasteiger partial charge on any atom is -0.373 e. The molecule has 4 fully saturated rings. The standard InChI is InChI=1S/C28H43FN6O/c1-19-8-9-24(29)23-16-25(32-27(19)23)28(36)31-20-14-22-17-30-18-35(22,21-6-4-3-5-7-21)26(15-20)34-12-10-33(2)11-13-34/h8-9,20-22,25-26,30,32H,3-7,10-18H2,1-2H3/p+1. The van der Waals surface area contributed by atoms with Crippen LogP contribution in [0.2, 0.25) is 0 Å². The number of carbonyl (C=O) groups excluding carboxylic acids is 1. The van der Waals surface area contributed by atoms with Crippen molar-refractivity contribution in [2.45, 2.75) is 88.6 Å². The number of benzene rings is 1. The number of nitrogens with one attached hydrogen (secondary N) is 3. The Labute approximate surface area is 215 Å². The Morgan fingerprint density at radius 1 is 1.08 bits per heavy atom. The zero-order valence-electron chi connectivity index (χ0n) is 22.1. The summed E-state index contributed by atoms with van der Waals surface area (Å²) in [7, 11) is 2.23. The largest absolute Gasteiger partial charge is 0.373 e. The van der Waals surface area contributed by atoms with Crippen molar-refractivity contribution in [3.05, 3.63) is 29.1 Å². The molecular weight excluding hydrogens is 455 g/mol. The molecule has 0 radical (unpaired) electrons. The average molecular weight is 500 g/mol. The Morgan fingerprint density at radius 2 is 1.86 bits per heavy atom. The molecule has 4 aliphatic heterocycles. The number of piperazine rings is 1. The highest BCUT2D eigenvalue weighted by Gasteiger charge is 2.58. The second-order valence-electron chi connectivity index (χ2n) is 12.2. The maximum atomic E-state index is 14.4. The zero-order valence-corrected chi connectivity index (χ0v) is 22.1. The predicted octanol–water partition coefficient (Wildman–Crippen LogP) is 2.40. The molecule has 5 aliphatic rings. The fraction of sp³-hybridized carbons (Fsp3) is 0.750. The number of carbonyl (C=O) groups is 1. The van der Waals surface area contributed by atoms with Gasteiger partial charge in [0.2, 0.25) is 5.91 Å². The molecule has 4 heterocycles. The van der Waals surface area contributed by atoms with Gasteiger partial charge in [0.1, 0.15) is 30.7 Å². The first kappa shape index (κ1) is 24.6. The van der Waals surface area contributed by atoms with Gasteiger partial charge in [-0.2, -0.15) is 0 Å². The molecule has 0 bridgehead atoms. The molecule has 1 saturated carbocycles. The summed E-state index contributed by atoms with van der Waals surface area (Å²) in [5.74, 6) is -0.187. The minimum absolute atomic E-state index is 0.0238. The molecule has 36 heavy (non-hydrogen) atoms. The molecule has 5 unspecified atom stereocenters. The Bertz CT molecular complexity index is 944. The van der Waals surface area contributed by atoms with Crippen molar-refractivity contribution in [2.24, 2.45) is 0 Å². The number of amides is 1. The highest BCUT2D eigenvalue weighted by atomic mass is 19.1. The van der Waals surface area contributed by atoms with Crippen LogP contribution in [0.4, 0.5) is 10.1 Å². The van der Waals surface area contributed by atoms with Crippen LogP contribution in [0.15, 0.2) is 12.1 Å². The summed E-state index contributed by atoms with van der Waals surface area (Å²) in [5.41, 5.74) is 2.46. The number of fused-ring (bicyclic) bond motifs is 2. The first-order chi connectivity index (χ1) is 17.5. The molecular formula is C28H44FN6O+. The molecule has 1 aromatic carbocycles. The quantitative estimate of drug-likeness (QED) is 0.556. The molecule has 1 aromatic rings. The summed E-state index contributed by atoms with van der Waals surface area (Å²) in [4.78, 5) is 18.7. The normalized spacial score (nSPS) is 35.8. The molecule has 1 aliphatic carbocycles. The molecule has 6 rings (SSSR count). The lowest BCUT2D eigenvalue weighted by molar-refractivity contribution is -1.000. The van der Waals surface area contributed by atoms with Crippen molar-refractivity contribution in [1.82, 2.24) is 20.4 Å². The highest BCUT2D eigenvalue weighted by molar-refractivity contribution is 5.88. The molecule has 1 amide bonds. The van der Waals surface area contributed by atoms with E-state index in [1.807, 2.05) is 6.92 Å². The Hall–Kier alpha value is -1.74. The number of anilines is 1. The summed E-state index contributed by atoms with van der Waals surface area (Å²) >= 11 is 0. The highest BCUT2D eigenvalue weighted by Crippen LogP contribution is 2.43. The van der Waals surface area contributed by atoms with Crippen LogP contribution >= 0.6 is 0 Å². The van der Waals surface area contributed by atoms with Crippen molar-refractivity contribution >= 4 is 11.6 Å². The van der Waals surface area contributed by atoms with Gasteiger partial charge in [0, 0.05) is 62.7 Å². The van der Waals surface area contributed by atoms with E-state index in [9.17, 15) is 9.18 Å². The lowest BCUT2D eigenvalue weighted by Crippen LogP contribution is -2.75. The Morgan fingerprint density at radius 3 is 2.61 bits per heavy atom. The number of hydrogen-bond acceptors (Lipinski definition) is 5. The Balaban J connectivity index is 1.21. The second kappa shape index (κ2) is 9.86. The SMILES string of the molecule is Cc1ccc(F)c2c1NC(C(=O)NC1CC3CNC[N+]3(C3CCCCC3)C(N3CCN(C)CC3)C1)C2. The maximum absolute atomic E-state index is 14.4. The number of hydrogen-bond donors (Lipinski definition) is 3. The van der Waals surface area contributed by atoms with Crippen molar-refractivity contribution in [3.63, 3.8) is 0 Å². The smallest absolute Gasteiger partial charge is 0.243 e. The first-order valence-corrected chi connectivity index (χ1v) is 14.3. The number of likely N-dealkylation sites (N-methyl/N-ethyl adjacent to an activating group) is 1. The number of quaternary nitrogens is 1. The van der Waals surface area contributed by atoms with Gasteiger partial charge in [-0.1, -0.05) is 12.5 Å². The van der Waals surface area contributed by atoms with Crippen LogP contribution in [0.25, 0.3) is 0 Å². The third kappa shape index (κ3) is 4.24. The molecule has 3 N–H and O–H groups in total. The summed E-state index contributed by atoms with van der Waals surface area (Å²) < 4.78 is 15.6. The number of rotatable bonds is 4. The van der Waals surface area contributed by atoms with E-state index in [2.05, 4.69) is 32.8 Å². The molecule has 0 spiro atoms. The topological polar surface area (TPSA) is 59.6 Å². The predicted molar refractivity (Wildman–Crippen MR) is 140 cm³/mol. The van der Waals surface area contributed by atoms with Gasteiger partial charge in [-0.15, -0.1) is 0 Å². The summed E-state index contributed by atoms with van der Waals surface area (Å²) in [6.07, 6.45) is 9.70. The van der Waals surface area contributed by atoms with Gasteiger partial charge in [0.25, 0.3) is 0 Å². The summed E-state index contributed by atoms with van der Waals surface area (Å²) in [6, 6.07) is 4.37. The van der Waals surface area contributed by atoms with E-state index in [-0.39, 0.29) is 23.8 Å². The van der Waals surface area contributed by atoms with Crippen molar-refractivity contribution in [2.75, 3.05) is 51.8 Å². The average Bonchev–Trinajstić information content (AvgIpc) is 3.53. The third-order valence-corrected chi connectivity index (χ3v) is 10.1. The number of aryl methyl sites for hydroxylation is 1. The van der Waals surface area contributed by atoms with Crippen LogP contribution in [-0.2, 0) is 11.2 Å². The maximum Gasteiger partial charge on any atom is 0.243 e. The van der Waals surface area contributed by atoms with Gasteiger partial charge in [-0.3, -0.25) is 19.5 Å². The molecule has 3 saturated heterocycles. The van der Waals surface area contributed by atoms with E-state index in [1.54, 1.807) is 6.07 Å². The van der Waals surface area contributed by atoms with Crippen LogP contribution in [0, 0.1) is 12.7 Å². The minimum atomic E-state index is -0.390. The lowest BCUT2D eigenvalue weighted by Gasteiger charge is -2.58. The van der Waals surface area contributed by atoms with Gasteiger partial charge in [0.05, 0.1) is 12.6 Å². The monoisotopic (exact) mass is 499 g/mol. The lowest BCUT2D eigenvalue weighted by atomic mass is 9.84. The second-order valence-corrected chi connectivity index (χ2v) is 12.2. The number of halogens is 1. The molecule has 0 aromatic heterocycles. The van der Waals surface area contributed by atoms with Crippen molar-refractivity contribution in [3.8, 4) is 0 Å². The zero-order chi connectivity index (χ0) is 24.9. The fourth-order valence-electron chi connectivity index (χ4n) is 8.18.